The molecule has 1 aliphatic heterocycles. The largest absolute Gasteiger partial charge is 0.379 e. The Kier molecular flexibility index (Phi) is 5.62. The number of hydrogen-bond donors (Lipinski definition) is 2. The summed E-state index contributed by atoms with van der Waals surface area (Å²) in [6.45, 7) is 4.90. The van der Waals surface area contributed by atoms with Gasteiger partial charge in [-0.2, -0.15) is 0 Å². The standard InChI is InChI=1S/C20H22N4O2S/c25-19(21-8-9-24-10-12-26-13-11-24)15-6-7-17-18(14-15)27-20(23-17)22-16-4-2-1-3-5-16/h1-7,14H,8-13H2,(H,21,25)(H,22,23). The van der Waals surface area contributed by atoms with Gasteiger partial charge in [0.15, 0.2) is 5.13 Å². The molecule has 0 radical (unpaired) electrons. The summed E-state index contributed by atoms with van der Waals surface area (Å²) in [6.07, 6.45) is 0. The zero-order chi connectivity index (χ0) is 18.5. The van der Waals surface area contributed by atoms with Crippen LogP contribution in [-0.4, -0.2) is 55.2 Å². The molecule has 0 aliphatic carbocycles. The quantitative estimate of drug-likeness (QED) is 0.686. The fraction of sp³-hybridized carbons (Fsp3) is 0.300. The number of para-hydroxylation sites is 1. The van der Waals surface area contributed by atoms with E-state index < -0.39 is 0 Å². The van der Waals surface area contributed by atoms with Crippen LogP contribution in [0.5, 0.6) is 0 Å². The molecule has 140 valence electrons. The highest BCUT2D eigenvalue weighted by Crippen LogP contribution is 2.29. The Bertz CT molecular complexity index is 907. The molecule has 6 nitrogen and oxygen atoms in total. The molecule has 3 aromatic rings. The number of morpholine rings is 1. The highest BCUT2D eigenvalue weighted by molar-refractivity contribution is 7.22. The van der Waals surface area contributed by atoms with E-state index in [0.29, 0.717) is 12.1 Å². The van der Waals surface area contributed by atoms with Gasteiger partial charge >= 0.3 is 0 Å². The van der Waals surface area contributed by atoms with E-state index in [1.54, 1.807) is 11.3 Å². The van der Waals surface area contributed by atoms with E-state index in [0.717, 1.165) is 53.9 Å². The zero-order valence-corrected chi connectivity index (χ0v) is 15.8. The number of ether oxygens (including phenoxy) is 1. The summed E-state index contributed by atoms with van der Waals surface area (Å²) in [5.41, 5.74) is 2.56. The summed E-state index contributed by atoms with van der Waals surface area (Å²) >= 11 is 1.55. The van der Waals surface area contributed by atoms with E-state index in [-0.39, 0.29) is 5.91 Å². The Morgan fingerprint density at radius 2 is 1.96 bits per heavy atom. The molecule has 4 rings (SSSR count). The lowest BCUT2D eigenvalue weighted by Crippen LogP contribution is -2.41. The minimum atomic E-state index is -0.0453. The Balaban J connectivity index is 1.37. The molecule has 0 spiro atoms. The second kappa shape index (κ2) is 8.47. The van der Waals surface area contributed by atoms with Crippen LogP contribution in [0.2, 0.25) is 0 Å². The molecule has 2 heterocycles. The van der Waals surface area contributed by atoms with Crippen LogP contribution in [0.4, 0.5) is 10.8 Å². The van der Waals surface area contributed by atoms with E-state index in [1.807, 2.05) is 48.5 Å². The summed E-state index contributed by atoms with van der Waals surface area (Å²) in [5, 5.41) is 7.13. The summed E-state index contributed by atoms with van der Waals surface area (Å²) in [5.74, 6) is -0.0453. The minimum Gasteiger partial charge on any atom is -0.379 e. The van der Waals surface area contributed by atoms with Crippen LogP contribution in [0.25, 0.3) is 10.2 Å². The van der Waals surface area contributed by atoms with Gasteiger partial charge in [0.1, 0.15) is 0 Å². The van der Waals surface area contributed by atoms with Crippen molar-refractivity contribution in [1.82, 2.24) is 15.2 Å². The van der Waals surface area contributed by atoms with Gasteiger partial charge in [-0.15, -0.1) is 0 Å². The second-order valence-corrected chi connectivity index (χ2v) is 7.43. The van der Waals surface area contributed by atoms with Gasteiger partial charge in [-0.1, -0.05) is 29.5 Å². The van der Waals surface area contributed by atoms with Crippen molar-refractivity contribution in [2.45, 2.75) is 0 Å². The van der Waals surface area contributed by atoms with Crippen LogP contribution >= 0.6 is 11.3 Å². The molecule has 2 N–H and O–H groups in total. The van der Waals surface area contributed by atoms with Crippen molar-refractivity contribution >= 4 is 38.3 Å². The third kappa shape index (κ3) is 4.63. The number of hydrogen-bond acceptors (Lipinski definition) is 6. The number of amides is 1. The number of nitrogens with one attached hydrogen (secondary N) is 2. The van der Waals surface area contributed by atoms with Gasteiger partial charge in [0, 0.05) is 37.4 Å². The van der Waals surface area contributed by atoms with Gasteiger partial charge in [-0.25, -0.2) is 4.98 Å². The van der Waals surface area contributed by atoms with E-state index in [2.05, 4.69) is 20.5 Å². The SMILES string of the molecule is O=C(NCCN1CCOCC1)c1ccc2nc(Nc3ccccc3)sc2c1. The molecule has 0 bridgehead atoms. The van der Waals surface area contributed by atoms with Crippen LogP contribution in [0.15, 0.2) is 48.5 Å². The second-order valence-electron chi connectivity index (χ2n) is 6.40. The molecule has 0 unspecified atom stereocenters. The Labute approximate surface area is 162 Å². The van der Waals surface area contributed by atoms with Gasteiger partial charge in [-0.3, -0.25) is 9.69 Å². The molecule has 2 aromatic carbocycles. The average Bonchev–Trinajstić information content (AvgIpc) is 3.11. The van der Waals surface area contributed by atoms with E-state index in [4.69, 9.17) is 4.74 Å². The summed E-state index contributed by atoms with van der Waals surface area (Å²) in [6, 6.07) is 15.6. The third-order valence-electron chi connectivity index (χ3n) is 4.49. The predicted molar refractivity (Wildman–Crippen MR) is 109 cm³/mol. The number of carbonyl (C=O) groups is 1. The fourth-order valence-electron chi connectivity index (χ4n) is 3.02. The number of nitrogens with zero attached hydrogens (tertiary/aromatic N) is 2. The topological polar surface area (TPSA) is 66.5 Å². The van der Waals surface area contributed by atoms with Crippen molar-refractivity contribution in [3.63, 3.8) is 0 Å². The molecular formula is C20H22N4O2S. The lowest BCUT2D eigenvalue weighted by molar-refractivity contribution is 0.0383. The molecule has 7 heteroatoms. The predicted octanol–water partition coefficient (Wildman–Crippen LogP) is 3.10. The van der Waals surface area contributed by atoms with Gasteiger partial charge in [-0.05, 0) is 30.3 Å². The number of anilines is 2. The van der Waals surface area contributed by atoms with E-state index >= 15 is 0 Å². The van der Waals surface area contributed by atoms with Crippen LogP contribution in [0.1, 0.15) is 10.4 Å². The first-order valence-corrected chi connectivity index (χ1v) is 9.90. The van der Waals surface area contributed by atoms with Crippen LogP contribution in [-0.2, 0) is 4.74 Å². The normalized spacial score (nSPS) is 15.0. The fourth-order valence-corrected chi connectivity index (χ4v) is 3.94. The lowest BCUT2D eigenvalue weighted by atomic mass is 10.2. The maximum atomic E-state index is 12.4. The van der Waals surface area contributed by atoms with Gasteiger partial charge in [0.25, 0.3) is 5.91 Å². The van der Waals surface area contributed by atoms with Gasteiger partial charge < -0.3 is 15.4 Å². The van der Waals surface area contributed by atoms with Crippen LogP contribution < -0.4 is 10.6 Å². The first-order valence-electron chi connectivity index (χ1n) is 9.09. The summed E-state index contributed by atoms with van der Waals surface area (Å²) in [4.78, 5) is 19.3. The molecule has 1 aromatic heterocycles. The monoisotopic (exact) mass is 382 g/mol. The number of carbonyl (C=O) groups excluding carboxylic acids is 1. The van der Waals surface area contributed by atoms with Gasteiger partial charge in [0.05, 0.1) is 23.4 Å². The molecule has 0 saturated carbocycles. The van der Waals surface area contributed by atoms with Crippen molar-refractivity contribution in [1.29, 1.82) is 0 Å². The third-order valence-corrected chi connectivity index (χ3v) is 5.43. The number of rotatable bonds is 6. The highest BCUT2D eigenvalue weighted by Gasteiger charge is 2.12. The zero-order valence-electron chi connectivity index (χ0n) is 15.0. The average molecular weight is 382 g/mol. The van der Waals surface area contributed by atoms with Crippen molar-refractivity contribution < 1.29 is 9.53 Å². The van der Waals surface area contributed by atoms with Crippen molar-refractivity contribution in [2.75, 3.05) is 44.7 Å². The number of fused-ring (bicyclic) bond motifs is 1. The van der Waals surface area contributed by atoms with Gasteiger partial charge in [0.2, 0.25) is 0 Å². The summed E-state index contributed by atoms with van der Waals surface area (Å²) < 4.78 is 6.33. The maximum absolute atomic E-state index is 12.4. The Morgan fingerprint density at radius 1 is 1.15 bits per heavy atom. The molecule has 0 atom stereocenters. The van der Waals surface area contributed by atoms with E-state index in [1.165, 1.54) is 0 Å². The molecule has 1 saturated heterocycles. The first kappa shape index (κ1) is 17.9. The van der Waals surface area contributed by atoms with Crippen molar-refractivity contribution in [2.24, 2.45) is 0 Å². The smallest absolute Gasteiger partial charge is 0.251 e. The first-order chi connectivity index (χ1) is 13.3. The van der Waals surface area contributed by atoms with Crippen molar-refractivity contribution in [3.8, 4) is 0 Å². The number of aromatic nitrogens is 1. The van der Waals surface area contributed by atoms with Crippen LogP contribution in [0, 0.1) is 0 Å². The molecular weight excluding hydrogens is 360 g/mol. The Morgan fingerprint density at radius 3 is 2.78 bits per heavy atom. The molecule has 1 aliphatic rings. The summed E-state index contributed by atoms with van der Waals surface area (Å²) in [7, 11) is 0. The Hall–Kier alpha value is -2.48. The van der Waals surface area contributed by atoms with E-state index in [9.17, 15) is 4.79 Å². The molecule has 1 amide bonds. The number of thiazole rings is 1. The van der Waals surface area contributed by atoms with Crippen molar-refractivity contribution in [3.05, 3.63) is 54.1 Å². The molecule has 1 fully saturated rings. The van der Waals surface area contributed by atoms with Crippen LogP contribution in [0.3, 0.4) is 0 Å². The molecule has 27 heavy (non-hydrogen) atoms. The lowest BCUT2D eigenvalue weighted by Gasteiger charge is -2.26. The maximum Gasteiger partial charge on any atom is 0.251 e. The number of benzene rings is 2. The minimum absolute atomic E-state index is 0.0453. The highest BCUT2D eigenvalue weighted by atomic mass is 32.1.